The van der Waals surface area contributed by atoms with Crippen molar-refractivity contribution in [1.29, 1.82) is 0 Å². The number of aromatic nitrogens is 2. The van der Waals surface area contributed by atoms with Gasteiger partial charge in [0, 0.05) is 11.3 Å². The van der Waals surface area contributed by atoms with Gasteiger partial charge in [0.2, 0.25) is 11.8 Å². The number of rotatable bonds is 5. The average Bonchev–Trinajstić information content (AvgIpc) is 3.22. The molecule has 2 N–H and O–H groups in total. The SMILES string of the molecule is COC(=O)c1ccc(NC(=O)[C@@H]2CC(=O)Nc3c(-c4ccc(OC)cc4)cnn32)cc1. The van der Waals surface area contributed by atoms with E-state index in [2.05, 4.69) is 20.5 Å². The van der Waals surface area contributed by atoms with E-state index >= 15 is 0 Å². The van der Waals surface area contributed by atoms with Crippen LogP contribution in [0.1, 0.15) is 22.8 Å². The van der Waals surface area contributed by atoms with Crippen molar-refractivity contribution in [2.24, 2.45) is 0 Å². The van der Waals surface area contributed by atoms with Crippen LogP contribution in [0.5, 0.6) is 5.75 Å². The number of methoxy groups -OCH3 is 2. The van der Waals surface area contributed by atoms with Gasteiger partial charge in [-0.3, -0.25) is 9.59 Å². The van der Waals surface area contributed by atoms with Gasteiger partial charge in [-0.2, -0.15) is 5.10 Å². The van der Waals surface area contributed by atoms with Gasteiger partial charge in [-0.05, 0) is 42.0 Å². The number of carbonyl (C=O) groups is 3. The van der Waals surface area contributed by atoms with E-state index in [-0.39, 0.29) is 18.2 Å². The van der Waals surface area contributed by atoms with Crippen LogP contribution in [0.3, 0.4) is 0 Å². The van der Waals surface area contributed by atoms with Gasteiger partial charge in [0.25, 0.3) is 0 Å². The van der Waals surface area contributed by atoms with Gasteiger partial charge in [-0.25, -0.2) is 9.48 Å². The van der Waals surface area contributed by atoms with Crippen molar-refractivity contribution < 1.29 is 23.9 Å². The van der Waals surface area contributed by atoms with Gasteiger partial charge in [0.05, 0.1) is 32.4 Å². The van der Waals surface area contributed by atoms with Crippen LogP contribution in [0, 0.1) is 0 Å². The van der Waals surface area contributed by atoms with Crippen molar-refractivity contribution in [1.82, 2.24) is 9.78 Å². The second-order valence-corrected chi connectivity index (χ2v) is 6.91. The molecule has 1 aliphatic rings. The van der Waals surface area contributed by atoms with E-state index < -0.39 is 12.0 Å². The number of fused-ring (bicyclic) bond motifs is 1. The maximum absolute atomic E-state index is 12.9. The van der Waals surface area contributed by atoms with Crippen LogP contribution in [0.15, 0.2) is 54.7 Å². The zero-order chi connectivity index (χ0) is 22.0. The Morgan fingerprint density at radius 1 is 1.10 bits per heavy atom. The fourth-order valence-corrected chi connectivity index (χ4v) is 3.39. The van der Waals surface area contributed by atoms with E-state index in [0.29, 0.717) is 28.4 Å². The molecular formula is C22H20N4O5. The van der Waals surface area contributed by atoms with Gasteiger partial charge >= 0.3 is 5.97 Å². The Morgan fingerprint density at radius 3 is 2.45 bits per heavy atom. The highest BCUT2D eigenvalue weighted by atomic mass is 16.5. The molecule has 1 aromatic heterocycles. The van der Waals surface area contributed by atoms with Crippen molar-refractivity contribution in [2.45, 2.75) is 12.5 Å². The van der Waals surface area contributed by atoms with Crippen LogP contribution in [0.2, 0.25) is 0 Å². The highest BCUT2D eigenvalue weighted by Crippen LogP contribution is 2.35. The number of anilines is 2. The molecule has 158 valence electrons. The standard InChI is InChI=1S/C22H20N4O5/c1-30-16-9-5-13(6-10-16)17-12-23-26-18(11-19(27)25-20(17)26)21(28)24-15-7-3-14(4-8-15)22(29)31-2/h3-10,12,18H,11H2,1-2H3,(H,24,28)(H,25,27)/t18-/m0/s1. The predicted octanol–water partition coefficient (Wildman–Crippen LogP) is 2.87. The first-order valence-corrected chi connectivity index (χ1v) is 9.51. The summed E-state index contributed by atoms with van der Waals surface area (Å²) >= 11 is 0. The van der Waals surface area contributed by atoms with Gasteiger partial charge in [0.1, 0.15) is 17.6 Å². The highest BCUT2D eigenvalue weighted by molar-refractivity contribution is 6.03. The molecule has 31 heavy (non-hydrogen) atoms. The molecule has 0 aliphatic carbocycles. The number of esters is 1. The molecule has 0 spiro atoms. The Morgan fingerprint density at radius 2 is 1.81 bits per heavy atom. The lowest BCUT2D eigenvalue weighted by molar-refractivity contribution is -0.125. The third kappa shape index (κ3) is 3.97. The van der Waals surface area contributed by atoms with Gasteiger partial charge in [0.15, 0.2) is 0 Å². The summed E-state index contributed by atoms with van der Waals surface area (Å²) in [6.07, 6.45) is 1.58. The van der Waals surface area contributed by atoms with Crippen LogP contribution in [-0.4, -0.2) is 41.8 Å². The van der Waals surface area contributed by atoms with E-state index in [1.165, 1.54) is 11.8 Å². The maximum Gasteiger partial charge on any atom is 0.337 e. The van der Waals surface area contributed by atoms with Crippen molar-refractivity contribution in [3.63, 3.8) is 0 Å². The number of hydrogen-bond donors (Lipinski definition) is 2. The number of nitrogens with zero attached hydrogens (tertiary/aromatic N) is 2. The lowest BCUT2D eigenvalue weighted by atomic mass is 10.1. The molecule has 4 rings (SSSR count). The summed E-state index contributed by atoms with van der Waals surface area (Å²) in [7, 11) is 2.89. The molecule has 0 saturated carbocycles. The summed E-state index contributed by atoms with van der Waals surface area (Å²) in [5, 5.41) is 9.93. The number of amides is 2. The van der Waals surface area contributed by atoms with E-state index in [1.807, 2.05) is 24.3 Å². The molecule has 2 aromatic carbocycles. The molecule has 3 aromatic rings. The minimum Gasteiger partial charge on any atom is -0.497 e. The minimum absolute atomic E-state index is 0.0389. The fourth-order valence-electron chi connectivity index (χ4n) is 3.39. The third-order valence-electron chi connectivity index (χ3n) is 5.00. The summed E-state index contributed by atoms with van der Waals surface area (Å²) in [5.41, 5.74) is 2.40. The van der Waals surface area contributed by atoms with Crippen LogP contribution >= 0.6 is 0 Å². The van der Waals surface area contributed by atoms with Crippen molar-refractivity contribution in [2.75, 3.05) is 24.9 Å². The largest absolute Gasteiger partial charge is 0.497 e. The van der Waals surface area contributed by atoms with E-state index in [0.717, 1.165) is 5.56 Å². The summed E-state index contributed by atoms with van der Waals surface area (Å²) in [5.74, 6) is 0.0521. The number of nitrogens with one attached hydrogen (secondary N) is 2. The molecule has 1 aliphatic heterocycles. The fraction of sp³-hybridized carbons (Fsp3) is 0.182. The Hall–Kier alpha value is -4.14. The summed E-state index contributed by atoms with van der Waals surface area (Å²) in [6, 6.07) is 12.8. The first-order chi connectivity index (χ1) is 15.0. The minimum atomic E-state index is -0.809. The van der Waals surface area contributed by atoms with Gasteiger partial charge in [-0.15, -0.1) is 0 Å². The normalized spacial score (nSPS) is 14.9. The molecule has 9 nitrogen and oxygen atoms in total. The first-order valence-electron chi connectivity index (χ1n) is 9.51. The highest BCUT2D eigenvalue weighted by Gasteiger charge is 2.33. The number of carbonyl (C=O) groups excluding carboxylic acids is 3. The smallest absolute Gasteiger partial charge is 0.337 e. The third-order valence-corrected chi connectivity index (χ3v) is 5.00. The number of ether oxygens (including phenoxy) is 2. The lowest BCUT2D eigenvalue weighted by Gasteiger charge is -2.24. The summed E-state index contributed by atoms with van der Waals surface area (Å²) in [6.45, 7) is 0. The molecule has 1 atom stereocenters. The van der Waals surface area contributed by atoms with Crippen molar-refractivity contribution in [3.8, 4) is 16.9 Å². The molecule has 0 radical (unpaired) electrons. The summed E-state index contributed by atoms with van der Waals surface area (Å²) in [4.78, 5) is 36.8. The van der Waals surface area contributed by atoms with Crippen molar-refractivity contribution >= 4 is 29.3 Å². The number of hydrogen-bond acceptors (Lipinski definition) is 6. The molecule has 9 heteroatoms. The molecule has 2 amide bonds. The molecule has 0 bridgehead atoms. The average molecular weight is 420 g/mol. The molecule has 0 fully saturated rings. The Bertz CT molecular complexity index is 1140. The first kappa shape index (κ1) is 20.1. The lowest BCUT2D eigenvalue weighted by Crippen LogP contribution is -2.35. The second-order valence-electron chi connectivity index (χ2n) is 6.91. The quantitative estimate of drug-likeness (QED) is 0.614. The molecule has 0 saturated heterocycles. The predicted molar refractivity (Wildman–Crippen MR) is 113 cm³/mol. The molecule has 0 unspecified atom stereocenters. The van der Waals surface area contributed by atoms with E-state index in [9.17, 15) is 14.4 Å². The number of benzene rings is 2. The van der Waals surface area contributed by atoms with Crippen LogP contribution in [0.4, 0.5) is 11.5 Å². The topological polar surface area (TPSA) is 112 Å². The van der Waals surface area contributed by atoms with Crippen LogP contribution in [-0.2, 0) is 14.3 Å². The van der Waals surface area contributed by atoms with Crippen LogP contribution in [0.25, 0.3) is 11.1 Å². The van der Waals surface area contributed by atoms with Crippen LogP contribution < -0.4 is 15.4 Å². The maximum atomic E-state index is 12.9. The Balaban J connectivity index is 1.58. The second kappa shape index (κ2) is 8.31. The molecule has 2 heterocycles. The zero-order valence-electron chi connectivity index (χ0n) is 16.9. The summed E-state index contributed by atoms with van der Waals surface area (Å²) < 4.78 is 11.4. The van der Waals surface area contributed by atoms with Gasteiger partial charge < -0.3 is 20.1 Å². The monoisotopic (exact) mass is 420 g/mol. The zero-order valence-corrected chi connectivity index (χ0v) is 16.9. The van der Waals surface area contributed by atoms with E-state index in [4.69, 9.17) is 4.74 Å². The van der Waals surface area contributed by atoms with Gasteiger partial charge in [-0.1, -0.05) is 12.1 Å². The van der Waals surface area contributed by atoms with Crippen molar-refractivity contribution in [3.05, 3.63) is 60.3 Å². The Kier molecular flexibility index (Phi) is 5.40. The Labute approximate surface area is 178 Å². The van der Waals surface area contributed by atoms with E-state index in [1.54, 1.807) is 37.6 Å². The molecular weight excluding hydrogens is 400 g/mol.